The zero-order valence-electron chi connectivity index (χ0n) is 11.4. The van der Waals surface area contributed by atoms with Crippen LogP contribution in [-0.2, 0) is 0 Å². The predicted octanol–water partition coefficient (Wildman–Crippen LogP) is 2.53. The van der Waals surface area contributed by atoms with E-state index in [9.17, 15) is 20.0 Å². The third kappa shape index (κ3) is 3.92. The highest BCUT2D eigenvalue weighted by Crippen LogP contribution is 2.28. The van der Waals surface area contributed by atoms with Crippen LogP contribution in [0.3, 0.4) is 0 Å². The first-order valence-electron chi connectivity index (χ1n) is 6.88. The van der Waals surface area contributed by atoms with Crippen molar-refractivity contribution >= 4 is 23.2 Å². The molecule has 0 aliphatic heterocycles. The Morgan fingerprint density at radius 3 is 2.67 bits per heavy atom. The zero-order chi connectivity index (χ0) is 15.4. The molecule has 0 spiro atoms. The fourth-order valence-corrected chi connectivity index (χ4v) is 2.81. The second-order valence-corrected chi connectivity index (χ2v) is 5.68. The van der Waals surface area contributed by atoms with Gasteiger partial charge in [0.2, 0.25) is 0 Å². The molecule has 0 radical (unpaired) electrons. The van der Waals surface area contributed by atoms with Crippen LogP contribution in [0.1, 0.15) is 36.0 Å². The number of nitrogens with zero attached hydrogens (tertiary/aromatic N) is 1. The van der Waals surface area contributed by atoms with Crippen molar-refractivity contribution in [2.75, 3.05) is 6.54 Å². The van der Waals surface area contributed by atoms with Gasteiger partial charge in [-0.25, -0.2) is 0 Å². The lowest BCUT2D eigenvalue weighted by molar-refractivity contribution is -0.385. The van der Waals surface area contributed by atoms with Crippen LogP contribution < -0.4 is 5.32 Å². The number of aliphatic hydroxyl groups excluding tert-OH is 1. The highest BCUT2D eigenvalue weighted by Gasteiger charge is 2.25. The number of hydrogen-bond acceptors (Lipinski definition) is 4. The highest BCUT2D eigenvalue weighted by molar-refractivity contribution is 6.33. The molecule has 114 valence electrons. The summed E-state index contributed by atoms with van der Waals surface area (Å²) in [5.74, 6) is -0.189. The molecule has 1 amide bonds. The van der Waals surface area contributed by atoms with Crippen molar-refractivity contribution in [3.63, 3.8) is 0 Å². The number of nitro groups is 1. The minimum atomic E-state index is -0.645. The Morgan fingerprint density at radius 1 is 1.38 bits per heavy atom. The van der Waals surface area contributed by atoms with E-state index in [2.05, 4.69) is 5.32 Å². The summed E-state index contributed by atoms with van der Waals surface area (Å²) in [5.41, 5.74) is -0.390. The summed E-state index contributed by atoms with van der Waals surface area (Å²) < 4.78 is 0. The number of amides is 1. The summed E-state index contributed by atoms with van der Waals surface area (Å²) in [7, 11) is 0. The smallest absolute Gasteiger partial charge is 0.300 e. The number of carbonyl (C=O) groups is 1. The second-order valence-electron chi connectivity index (χ2n) is 5.28. The van der Waals surface area contributed by atoms with E-state index < -0.39 is 10.8 Å². The molecule has 1 aromatic carbocycles. The fraction of sp³-hybridized carbons (Fsp3) is 0.500. The van der Waals surface area contributed by atoms with Crippen LogP contribution in [0, 0.1) is 16.0 Å². The number of nitro benzene ring substituents is 1. The Morgan fingerprint density at radius 2 is 2.05 bits per heavy atom. The van der Waals surface area contributed by atoms with Crippen LogP contribution in [0.5, 0.6) is 0 Å². The van der Waals surface area contributed by atoms with Gasteiger partial charge in [-0.3, -0.25) is 14.9 Å². The van der Waals surface area contributed by atoms with E-state index in [-0.39, 0.29) is 22.4 Å². The topological polar surface area (TPSA) is 92.5 Å². The lowest BCUT2D eigenvalue weighted by Gasteiger charge is -2.25. The van der Waals surface area contributed by atoms with Gasteiger partial charge in [0.25, 0.3) is 5.91 Å². The summed E-state index contributed by atoms with van der Waals surface area (Å²) in [6.45, 7) is 0.454. The van der Waals surface area contributed by atoms with E-state index in [4.69, 9.17) is 11.6 Å². The molecule has 0 bridgehead atoms. The van der Waals surface area contributed by atoms with Gasteiger partial charge >= 0.3 is 5.69 Å². The van der Waals surface area contributed by atoms with Gasteiger partial charge in [-0.2, -0.15) is 0 Å². The van der Waals surface area contributed by atoms with Gasteiger partial charge in [0.1, 0.15) is 10.6 Å². The molecule has 1 aliphatic carbocycles. The zero-order valence-corrected chi connectivity index (χ0v) is 12.2. The van der Waals surface area contributed by atoms with Crippen LogP contribution in [0.25, 0.3) is 0 Å². The number of para-hydroxylation sites is 1. The van der Waals surface area contributed by atoms with E-state index in [1.165, 1.54) is 18.2 Å². The molecule has 21 heavy (non-hydrogen) atoms. The average molecular weight is 313 g/mol. The minimum Gasteiger partial charge on any atom is -0.393 e. The lowest BCUT2D eigenvalue weighted by atomic mass is 9.87. The number of carbonyl (C=O) groups excluding carboxylic acids is 1. The highest BCUT2D eigenvalue weighted by atomic mass is 35.5. The predicted molar refractivity (Wildman–Crippen MR) is 78.4 cm³/mol. The number of hydrogen-bond donors (Lipinski definition) is 2. The van der Waals surface area contributed by atoms with Crippen LogP contribution in [-0.4, -0.2) is 28.6 Å². The van der Waals surface area contributed by atoms with Crippen molar-refractivity contribution in [1.29, 1.82) is 0 Å². The van der Waals surface area contributed by atoms with Gasteiger partial charge in [0.05, 0.1) is 11.0 Å². The standard InChI is InChI=1S/C14H17ClN2O4/c15-12-3-1-2-11(13(12)17(20)21)14(19)16-8-9-4-6-10(18)7-5-9/h1-3,9-10,18H,4-8H2,(H,16,19). The maximum atomic E-state index is 12.1. The molecule has 0 atom stereocenters. The molecule has 0 heterocycles. The van der Waals surface area contributed by atoms with Crippen molar-refractivity contribution < 1.29 is 14.8 Å². The monoisotopic (exact) mass is 312 g/mol. The lowest BCUT2D eigenvalue weighted by Crippen LogP contribution is -2.32. The largest absolute Gasteiger partial charge is 0.393 e. The normalized spacial score (nSPS) is 21.8. The van der Waals surface area contributed by atoms with Crippen molar-refractivity contribution in [1.82, 2.24) is 5.32 Å². The van der Waals surface area contributed by atoms with Gasteiger partial charge < -0.3 is 10.4 Å². The third-order valence-corrected chi connectivity index (χ3v) is 4.09. The van der Waals surface area contributed by atoms with Gasteiger partial charge in [0, 0.05) is 6.54 Å². The van der Waals surface area contributed by atoms with Crippen LogP contribution in [0.4, 0.5) is 5.69 Å². The quantitative estimate of drug-likeness (QED) is 0.660. The number of nitrogens with one attached hydrogen (secondary N) is 1. The maximum absolute atomic E-state index is 12.1. The summed E-state index contributed by atoms with van der Waals surface area (Å²) >= 11 is 5.78. The molecule has 1 fully saturated rings. The molecule has 2 N–H and O–H groups in total. The Bertz CT molecular complexity index is 542. The number of benzene rings is 1. The molecule has 7 heteroatoms. The molecular formula is C14H17ClN2O4. The first-order valence-corrected chi connectivity index (χ1v) is 7.26. The number of aliphatic hydroxyl groups is 1. The summed E-state index contributed by atoms with van der Waals surface area (Å²) in [4.78, 5) is 22.5. The van der Waals surface area contributed by atoms with E-state index in [1.807, 2.05) is 0 Å². The Kier molecular flexibility index (Phi) is 5.14. The summed E-state index contributed by atoms with van der Waals surface area (Å²) in [6, 6.07) is 4.30. The van der Waals surface area contributed by atoms with Crippen molar-refractivity contribution in [2.24, 2.45) is 5.92 Å². The van der Waals surface area contributed by atoms with Crippen molar-refractivity contribution in [3.8, 4) is 0 Å². The maximum Gasteiger partial charge on any atom is 0.300 e. The fourth-order valence-electron chi connectivity index (χ4n) is 2.57. The number of halogens is 1. The van der Waals surface area contributed by atoms with E-state index in [0.29, 0.717) is 12.5 Å². The Hall–Kier alpha value is -1.66. The van der Waals surface area contributed by atoms with Gasteiger partial charge in [-0.05, 0) is 43.7 Å². The van der Waals surface area contributed by atoms with E-state index in [0.717, 1.165) is 25.7 Å². The van der Waals surface area contributed by atoms with Crippen molar-refractivity contribution in [3.05, 3.63) is 38.9 Å². The molecule has 0 saturated heterocycles. The summed E-state index contributed by atoms with van der Waals surface area (Å²) in [6.07, 6.45) is 2.92. The average Bonchev–Trinajstić information content (AvgIpc) is 2.45. The Balaban J connectivity index is 2.01. The molecule has 1 aliphatic rings. The van der Waals surface area contributed by atoms with E-state index in [1.54, 1.807) is 0 Å². The Labute approximate surface area is 127 Å². The van der Waals surface area contributed by atoms with Crippen LogP contribution >= 0.6 is 11.6 Å². The minimum absolute atomic E-state index is 0.0247. The molecule has 2 rings (SSSR count). The van der Waals surface area contributed by atoms with Crippen molar-refractivity contribution in [2.45, 2.75) is 31.8 Å². The van der Waals surface area contributed by atoms with Crippen LogP contribution in [0.2, 0.25) is 5.02 Å². The van der Waals surface area contributed by atoms with Crippen LogP contribution in [0.15, 0.2) is 18.2 Å². The molecule has 1 saturated carbocycles. The van der Waals surface area contributed by atoms with Gasteiger partial charge in [-0.15, -0.1) is 0 Å². The summed E-state index contributed by atoms with van der Waals surface area (Å²) in [5, 5.41) is 23.1. The molecular weight excluding hydrogens is 296 g/mol. The van der Waals surface area contributed by atoms with Gasteiger partial charge in [-0.1, -0.05) is 17.7 Å². The third-order valence-electron chi connectivity index (χ3n) is 3.78. The number of rotatable bonds is 4. The molecule has 0 unspecified atom stereocenters. The van der Waals surface area contributed by atoms with E-state index >= 15 is 0 Å². The first-order chi connectivity index (χ1) is 9.99. The first kappa shape index (κ1) is 15.7. The SMILES string of the molecule is O=C(NCC1CCC(O)CC1)c1cccc(Cl)c1[N+](=O)[O-]. The molecule has 0 aromatic heterocycles. The molecule has 6 nitrogen and oxygen atoms in total. The second kappa shape index (κ2) is 6.87. The molecule has 1 aromatic rings. The van der Waals surface area contributed by atoms with Gasteiger partial charge in [0.15, 0.2) is 0 Å².